The van der Waals surface area contributed by atoms with E-state index >= 15 is 17.6 Å². The van der Waals surface area contributed by atoms with Gasteiger partial charge in [-0.25, -0.2) is 0 Å². The highest BCUT2D eigenvalue weighted by Gasteiger charge is 2.80. The molecule has 38 heavy (non-hydrogen) atoms. The second-order valence-electron chi connectivity index (χ2n) is 9.11. The molecule has 1 aliphatic carbocycles. The first kappa shape index (κ1) is 26.3. The Labute approximate surface area is 215 Å². The highest BCUT2D eigenvalue weighted by molar-refractivity contribution is 7.15. The van der Waals surface area contributed by atoms with Crippen molar-refractivity contribution < 1.29 is 39.5 Å². The number of thiophene rings is 1. The van der Waals surface area contributed by atoms with E-state index in [2.05, 4.69) is 0 Å². The van der Waals surface area contributed by atoms with E-state index in [-0.39, 0.29) is 26.3 Å². The Morgan fingerprint density at radius 2 is 1.37 bits per heavy atom. The number of aryl methyl sites for hydroxylation is 2. The standard InChI is InChI=1S/C28H17F9S/c1-14-10-11-16-6-3-4-9-19(16)22(14)24-23(25(29,30)28(36,37)26(24,31)32)20-13-21(38-15(20)2)17-7-5-8-18(12-17)27(33,34)35/h3-13H,1-2H3. The van der Waals surface area contributed by atoms with E-state index in [4.69, 9.17) is 0 Å². The van der Waals surface area contributed by atoms with Gasteiger partial charge in [0.25, 0.3) is 0 Å². The van der Waals surface area contributed by atoms with Crippen LogP contribution in [0.3, 0.4) is 0 Å². The number of hydrogen-bond donors (Lipinski definition) is 0. The third-order valence-corrected chi connectivity index (χ3v) is 7.82. The van der Waals surface area contributed by atoms with E-state index in [0.29, 0.717) is 5.39 Å². The van der Waals surface area contributed by atoms with Gasteiger partial charge in [-0.1, -0.05) is 48.5 Å². The molecule has 0 saturated heterocycles. The normalized spacial score (nSPS) is 18.4. The van der Waals surface area contributed by atoms with Crippen molar-refractivity contribution in [3.05, 3.63) is 93.9 Å². The van der Waals surface area contributed by atoms with E-state index in [1.54, 1.807) is 18.2 Å². The Morgan fingerprint density at radius 1 is 0.711 bits per heavy atom. The summed E-state index contributed by atoms with van der Waals surface area (Å²) in [4.78, 5) is 0.0235. The highest BCUT2D eigenvalue weighted by atomic mass is 32.1. The van der Waals surface area contributed by atoms with Crippen molar-refractivity contribution in [3.63, 3.8) is 0 Å². The van der Waals surface area contributed by atoms with Crippen molar-refractivity contribution in [2.24, 2.45) is 0 Å². The molecule has 0 aliphatic heterocycles. The quantitative estimate of drug-likeness (QED) is 0.220. The molecular weight excluding hydrogens is 539 g/mol. The molecule has 0 nitrogen and oxygen atoms in total. The van der Waals surface area contributed by atoms with Crippen LogP contribution in [0.2, 0.25) is 0 Å². The average Bonchev–Trinajstić information content (AvgIpc) is 3.26. The van der Waals surface area contributed by atoms with Crippen molar-refractivity contribution in [2.75, 3.05) is 0 Å². The van der Waals surface area contributed by atoms with Crippen molar-refractivity contribution in [3.8, 4) is 10.4 Å². The van der Waals surface area contributed by atoms with Crippen LogP contribution in [0.5, 0.6) is 0 Å². The number of fused-ring (bicyclic) bond motifs is 1. The minimum absolute atomic E-state index is 0.0116. The van der Waals surface area contributed by atoms with Crippen LogP contribution in [0.1, 0.15) is 27.1 Å². The molecule has 0 saturated carbocycles. The van der Waals surface area contributed by atoms with Crippen LogP contribution in [0, 0.1) is 13.8 Å². The minimum atomic E-state index is -5.75. The van der Waals surface area contributed by atoms with Gasteiger partial charge >= 0.3 is 23.9 Å². The van der Waals surface area contributed by atoms with Crippen LogP contribution in [-0.4, -0.2) is 17.8 Å². The van der Waals surface area contributed by atoms with Gasteiger partial charge in [0.2, 0.25) is 0 Å². The summed E-state index contributed by atoms with van der Waals surface area (Å²) in [6, 6.07) is 14.0. The van der Waals surface area contributed by atoms with Gasteiger partial charge in [0.1, 0.15) is 0 Å². The van der Waals surface area contributed by atoms with Gasteiger partial charge in [0.05, 0.1) is 5.56 Å². The lowest BCUT2D eigenvalue weighted by Gasteiger charge is -2.26. The zero-order chi connectivity index (χ0) is 27.8. The molecular formula is C28H17F9S. The molecule has 0 amide bonds. The van der Waals surface area contributed by atoms with Crippen LogP contribution >= 0.6 is 11.3 Å². The number of rotatable bonds is 3. The van der Waals surface area contributed by atoms with E-state index in [1.165, 1.54) is 38.1 Å². The third kappa shape index (κ3) is 3.67. The zero-order valence-corrected chi connectivity index (χ0v) is 20.5. The van der Waals surface area contributed by atoms with Gasteiger partial charge in [0.15, 0.2) is 0 Å². The molecule has 0 radical (unpaired) electrons. The van der Waals surface area contributed by atoms with Crippen molar-refractivity contribution in [1.82, 2.24) is 0 Å². The number of benzene rings is 3. The van der Waals surface area contributed by atoms with Crippen LogP contribution in [-0.2, 0) is 6.18 Å². The lowest BCUT2D eigenvalue weighted by atomic mass is 9.88. The average molecular weight is 556 g/mol. The molecule has 4 aromatic rings. The predicted octanol–water partition coefficient (Wildman–Crippen LogP) is 10.0. The molecule has 0 bridgehead atoms. The Morgan fingerprint density at radius 3 is 2.05 bits per heavy atom. The summed E-state index contributed by atoms with van der Waals surface area (Å²) in [5, 5.41) is 0.486. The Hall–Kier alpha value is -3.27. The molecule has 198 valence electrons. The maximum absolute atomic E-state index is 15.4. The Balaban J connectivity index is 1.84. The molecule has 0 spiro atoms. The van der Waals surface area contributed by atoms with E-state index in [1.807, 2.05) is 0 Å². The monoisotopic (exact) mass is 556 g/mol. The Kier molecular flexibility index (Phi) is 5.80. The van der Waals surface area contributed by atoms with Crippen molar-refractivity contribution >= 4 is 33.3 Å². The van der Waals surface area contributed by atoms with Crippen molar-refractivity contribution in [1.29, 1.82) is 0 Å². The van der Waals surface area contributed by atoms with Crippen LogP contribution in [0.25, 0.3) is 32.4 Å². The summed E-state index contributed by atoms with van der Waals surface area (Å²) in [6.07, 6.45) is -4.69. The summed E-state index contributed by atoms with van der Waals surface area (Å²) in [6.45, 7) is 2.65. The smallest absolute Gasteiger partial charge is 0.194 e. The van der Waals surface area contributed by atoms with E-state index in [9.17, 15) is 22.0 Å². The van der Waals surface area contributed by atoms with Crippen LogP contribution < -0.4 is 0 Å². The van der Waals surface area contributed by atoms with Gasteiger partial charge in [-0.05, 0) is 65.1 Å². The van der Waals surface area contributed by atoms with E-state index < -0.39 is 51.8 Å². The lowest BCUT2D eigenvalue weighted by molar-refractivity contribution is -0.254. The predicted molar refractivity (Wildman–Crippen MR) is 130 cm³/mol. The SMILES string of the molecule is Cc1ccc2ccccc2c1C1=C(c2cc(-c3cccc(C(F)(F)F)c3)sc2C)C(F)(F)C(F)(F)C1(F)F. The summed E-state index contributed by atoms with van der Waals surface area (Å²) < 4.78 is 131. The number of allylic oxidation sites excluding steroid dienone is 2. The third-order valence-electron chi connectivity index (χ3n) is 6.72. The van der Waals surface area contributed by atoms with Gasteiger partial charge in [-0.15, -0.1) is 11.3 Å². The largest absolute Gasteiger partial charge is 0.416 e. The number of alkyl halides is 9. The van der Waals surface area contributed by atoms with Crippen LogP contribution in [0.15, 0.2) is 66.7 Å². The molecule has 5 rings (SSSR count). The van der Waals surface area contributed by atoms with Crippen LogP contribution in [0.4, 0.5) is 39.5 Å². The van der Waals surface area contributed by atoms with Gasteiger partial charge in [-0.2, -0.15) is 39.5 Å². The zero-order valence-electron chi connectivity index (χ0n) is 19.7. The summed E-state index contributed by atoms with van der Waals surface area (Å²) >= 11 is 0.755. The van der Waals surface area contributed by atoms with Crippen molar-refractivity contribution in [2.45, 2.75) is 37.8 Å². The topological polar surface area (TPSA) is 0 Å². The summed E-state index contributed by atoms with van der Waals surface area (Å²) in [5.41, 5.74) is -4.93. The molecule has 1 aromatic heterocycles. The molecule has 1 aliphatic rings. The number of halogens is 9. The van der Waals surface area contributed by atoms with Gasteiger partial charge in [-0.3, -0.25) is 0 Å². The second-order valence-corrected chi connectivity index (χ2v) is 10.4. The molecule has 0 atom stereocenters. The fraction of sp³-hybridized carbons (Fsp3) is 0.214. The first-order valence-corrected chi connectivity index (χ1v) is 12.1. The Bertz CT molecular complexity index is 1610. The van der Waals surface area contributed by atoms with Gasteiger partial charge < -0.3 is 0 Å². The maximum Gasteiger partial charge on any atom is 0.416 e. The fourth-order valence-electron chi connectivity index (χ4n) is 4.84. The molecule has 10 heteroatoms. The molecule has 0 unspecified atom stereocenters. The first-order valence-electron chi connectivity index (χ1n) is 11.2. The summed E-state index contributed by atoms with van der Waals surface area (Å²) in [5.74, 6) is -16.3. The fourth-order valence-corrected chi connectivity index (χ4v) is 5.87. The minimum Gasteiger partial charge on any atom is -0.194 e. The maximum atomic E-state index is 15.4. The molecule has 0 fully saturated rings. The first-order chi connectivity index (χ1) is 17.6. The van der Waals surface area contributed by atoms with E-state index in [0.717, 1.165) is 35.6 Å². The molecule has 3 aromatic carbocycles. The highest BCUT2D eigenvalue weighted by Crippen LogP contribution is 2.66. The second kappa shape index (κ2) is 8.36. The molecule has 0 N–H and O–H groups in total. The summed E-state index contributed by atoms with van der Waals surface area (Å²) in [7, 11) is 0. The lowest BCUT2D eigenvalue weighted by Crippen LogP contribution is -2.49. The molecule has 1 heterocycles. The van der Waals surface area contributed by atoms with Gasteiger partial charge in [0, 0.05) is 20.9 Å². The number of hydrogen-bond acceptors (Lipinski definition) is 1.